The van der Waals surface area contributed by atoms with Crippen LogP contribution in [0.2, 0.25) is 0 Å². The zero-order valence-corrected chi connectivity index (χ0v) is 13.9. The lowest BCUT2D eigenvalue weighted by Crippen LogP contribution is -2.38. The Bertz CT molecular complexity index is 645. The number of piperidine rings is 1. The summed E-state index contributed by atoms with van der Waals surface area (Å²) < 4.78 is 28.4. The first kappa shape index (κ1) is 14.5. The van der Waals surface area contributed by atoms with Gasteiger partial charge in [0, 0.05) is 23.6 Å². The van der Waals surface area contributed by atoms with E-state index in [0.717, 1.165) is 28.4 Å². The average Bonchev–Trinajstić information content (AvgIpc) is 3.04. The quantitative estimate of drug-likeness (QED) is 0.901. The average molecular weight is 359 g/mol. The molecule has 1 aromatic carbocycles. The SMILES string of the molecule is Cc1c(Br)cc(CN)cc1S(=O)(=O)N1CC2CCC1C2. The van der Waals surface area contributed by atoms with Gasteiger partial charge in [0.15, 0.2) is 0 Å². The predicted octanol–water partition coefficient (Wildman–Crippen LogP) is 2.39. The van der Waals surface area contributed by atoms with E-state index in [-0.39, 0.29) is 6.04 Å². The molecule has 1 heterocycles. The van der Waals surface area contributed by atoms with Gasteiger partial charge in [-0.1, -0.05) is 15.9 Å². The second-order valence-corrected chi connectivity index (χ2v) is 8.53. The fourth-order valence-corrected chi connectivity index (χ4v) is 6.07. The van der Waals surface area contributed by atoms with E-state index in [2.05, 4.69) is 15.9 Å². The summed E-state index contributed by atoms with van der Waals surface area (Å²) in [5.41, 5.74) is 7.27. The summed E-state index contributed by atoms with van der Waals surface area (Å²) in [6.45, 7) is 2.86. The molecule has 3 rings (SSSR count). The minimum absolute atomic E-state index is 0.199. The Morgan fingerprint density at radius 3 is 2.70 bits per heavy atom. The van der Waals surface area contributed by atoms with Crippen LogP contribution in [0.3, 0.4) is 0 Å². The number of halogens is 1. The van der Waals surface area contributed by atoms with Crippen molar-refractivity contribution in [3.05, 3.63) is 27.7 Å². The molecule has 2 atom stereocenters. The van der Waals surface area contributed by atoms with E-state index in [9.17, 15) is 8.42 Å². The fourth-order valence-electron chi connectivity index (χ4n) is 3.39. The molecule has 2 aliphatic rings. The minimum Gasteiger partial charge on any atom is -0.326 e. The van der Waals surface area contributed by atoms with Crippen molar-refractivity contribution in [3.63, 3.8) is 0 Å². The van der Waals surface area contributed by atoms with Gasteiger partial charge in [0.2, 0.25) is 10.0 Å². The highest BCUT2D eigenvalue weighted by Crippen LogP contribution is 2.41. The number of nitrogens with two attached hydrogens (primary N) is 1. The Kier molecular flexibility index (Phi) is 3.69. The summed E-state index contributed by atoms with van der Waals surface area (Å²) in [7, 11) is -3.41. The van der Waals surface area contributed by atoms with Crippen LogP contribution in [0.5, 0.6) is 0 Å². The van der Waals surface area contributed by atoms with Crippen molar-refractivity contribution in [3.8, 4) is 0 Å². The van der Waals surface area contributed by atoms with Gasteiger partial charge in [0.1, 0.15) is 0 Å². The predicted molar refractivity (Wildman–Crippen MR) is 81.8 cm³/mol. The van der Waals surface area contributed by atoms with Crippen LogP contribution in [0.15, 0.2) is 21.5 Å². The van der Waals surface area contributed by atoms with E-state index < -0.39 is 10.0 Å². The van der Waals surface area contributed by atoms with E-state index in [0.29, 0.717) is 23.9 Å². The van der Waals surface area contributed by atoms with Gasteiger partial charge in [-0.2, -0.15) is 4.31 Å². The largest absolute Gasteiger partial charge is 0.326 e. The molecule has 110 valence electrons. The number of hydrogen-bond donors (Lipinski definition) is 1. The molecule has 0 amide bonds. The van der Waals surface area contributed by atoms with Crippen LogP contribution in [-0.4, -0.2) is 25.3 Å². The van der Waals surface area contributed by atoms with E-state index in [4.69, 9.17) is 5.73 Å². The van der Waals surface area contributed by atoms with Crippen LogP contribution < -0.4 is 5.73 Å². The molecule has 1 aliphatic heterocycles. The van der Waals surface area contributed by atoms with Crippen molar-refractivity contribution in [1.82, 2.24) is 4.31 Å². The molecule has 0 radical (unpaired) electrons. The molecule has 2 unspecified atom stereocenters. The van der Waals surface area contributed by atoms with Crippen molar-refractivity contribution < 1.29 is 8.42 Å². The van der Waals surface area contributed by atoms with Crippen molar-refractivity contribution in [2.75, 3.05) is 6.54 Å². The second-order valence-electron chi connectivity index (χ2n) is 5.81. The first-order valence-electron chi connectivity index (χ1n) is 6.94. The summed E-state index contributed by atoms with van der Waals surface area (Å²) in [5.74, 6) is 0.552. The number of nitrogens with zero attached hydrogens (tertiary/aromatic N) is 1. The van der Waals surface area contributed by atoms with Gasteiger partial charge in [0.05, 0.1) is 4.90 Å². The molecule has 2 fully saturated rings. The van der Waals surface area contributed by atoms with Crippen molar-refractivity contribution in [1.29, 1.82) is 0 Å². The van der Waals surface area contributed by atoms with Gasteiger partial charge in [-0.25, -0.2) is 8.42 Å². The van der Waals surface area contributed by atoms with Crippen LogP contribution in [0.4, 0.5) is 0 Å². The van der Waals surface area contributed by atoms with E-state index in [1.807, 2.05) is 13.0 Å². The van der Waals surface area contributed by atoms with Gasteiger partial charge in [0.25, 0.3) is 0 Å². The highest BCUT2D eigenvalue weighted by Gasteiger charge is 2.44. The maximum Gasteiger partial charge on any atom is 0.243 e. The molecule has 2 bridgehead atoms. The lowest BCUT2D eigenvalue weighted by atomic mass is 10.1. The number of benzene rings is 1. The van der Waals surface area contributed by atoms with Crippen molar-refractivity contribution >= 4 is 26.0 Å². The van der Waals surface area contributed by atoms with Gasteiger partial charge in [-0.05, 0) is 55.4 Å². The molecule has 1 saturated carbocycles. The first-order chi connectivity index (χ1) is 9.43. The molecular weight excluding hydrogens is 340 g/mol. The zero-order valence-electron chi connectivity index (χ0n) is 11.5. The molecule has 0 spiro atoms. The number of fused-ring (bicyclic) bond motifs is 2. The van der Waals surface area contributed by atoms with E-state index in [1.165, 1.54) is 6.42 Å². The monoisotopic (exact) mass is 358 g/mol. The summed E-state index contributed by atoms with van der Waals surface area (Å²) in [6, 6.07) is 3.82. The first-order valence-corrected chi connectivity index (χ1v) is 9.17. The normalized spacial score (nSPS) is 26.4. The Hall–Kier alpha value is -0.430. The third kappa shape index (κ3) is 2.22. The van der Waals surface area contributed by atoms with Gasteiger partial charge in [-0.3, -0.25) is 0 Å². The lowest BCUT2D eigenvalue weighted by molar-refractivity contribution is 0.333. The fraction of sp³-hybridized carbons (Fsp3) is 0.571. The smallest absolute Gasteiger partial charge is 0.243 e. The van der Waals surface area contributed by atoms with Crippen molar-refractivity contribution in [2.24, 2.45) is 11.7 Å². The Labute approximate surface area is 128 Å². The molecule has 2 N–H and O–H groups in total. The molecule has 20 heavy (non-hydrogen) atoms. The Balaban J connectivity index is 2.05. The second kappa shape index (κ2) is 5.09. The molecule has 0 aromatic heterocycles. The highest BCUT2D eigenvalue weighted by atomic mass is 79.9. The molecule has 6 heteroatoms. The lowest BCUT2D eigenvalue weighted by Gasteiger charge is -2.27. The third-order valence-corrected chi connectivity index (χ3v) is 7.41. The Morgan fingerprint density at radius 1 is 1.40 bits per heavy atom. The van der Waals surface area contributed by atoms with Gasteiger partial charge < -0.3 is 5.73 Å². The standard InChI is InChI=1S/C14H19BrN2O2S/c1-9-13(15)5-11(7-16)6-14(9)20(18,19)17-8-10-2-3-12(17)4-10/h5-6,10,12H,2-4,7-8,16H2,1H3. The summed E-state index contributed by atoms with van der Waals surface area (Å²) >= 11 is 3.44. The molecular formula is C14H19BrN2O2S. The molecule has 4 nitrogen and oxygen atoms in total. The maximum absolute atomic E-state index is 12.9. The van der Waals surface area contributed by atoms with Crippen LogP contribution in [-0.2, 0) is 16.6 Å². The number of sulfonamides is 1. The summed E-state index contributed by atoms with van der Waals surface area (Å²) in [6.07, 6.45) is 3.19. The van der Waals surface area contributed by atoms with Gasteiger partial charge >= 0.3 is 0 Å². The van der Waals surface area contributed by atoms with E-state index in [1.54, 1.807) is 10.4 Å². The summed E-state index contributed by atoms with van der Waals surface area (Å²) in [5, 5.41) is 0. The summed E-state index contributed by atoms with van der Waals surface area (Å²) in [4.78, 5) is 0.403. The minimum atomic E-state index is -3.41. The topological polar surface area (TPSA) is 63.4 Å². The van der Waals surface area contributed by atoms with E-state index >= 15 is 0 Å². The van der Waals surface area contributed by atoms with Crippen molar-refractivity contribution in [2.45, 2.75) is 43.7 Å². The molecule has 1 aliphatic carbocycles. The Morgan fingerprint density at radius 2 is 2.15 bits per heavy atom. The van der Waals surface area contributed by atoms with Crippen LogP contribution in [0.1, 0.15) is 30.4 Å². The number of rotatable bonds is 3. The number of hydrogen-bond acceptors (Lipinski definition) is 3. The van der Waals surface area contributed by atoms with Gasteiger partial charge in [-0.15, -0.1) is 0 Å². The van der Waals surface area contributed by atoms with Crippen LogP contribution in [0.25, 0.3) is 0 Å². The van der Waals surface area contributed by atoms with Crippen LogP contribution >= 0.6 is 15.9 Å². The highest BCUT2D eigenvalue weighted by molar-refractivity contribution is 9.10. The molecule has 1 aromatic rings. The molecule has 1 saturated heterocycles. The maximum atomic E-state index is 12.9. The third-order valence-electron chi connectivity index (χ3n) is 4.54. The van der Waals surface area contributed by atoms with Crippen LogP contribution in [0, 0.1) is 12.8 Å². The zero-order chi connectivity index (χ0) is 14.5.